The molecule has 1 heterocycles. The van der Waals surface area contributed by atoms with Crippen LogP contribution in [-0.2, 0) is 14.6 Å². The minimum atomic E-state index is -3.37. The Kier molecular flexibility index (Phi) is 6.03. The third-order valence-electron chi connectivity index (χ3n) is 5.15. The van der Waals surface area contributed by atoms with E-state index in [0.717, 1.165) is 0 Å². The summed E-state index contributed by atoms with van der Waals surface area (Å²) in [5, 5.41) is 5.07. The highest BCUT2D eigenvalue weighted by molar-refractivity contribution is 7.93. The van der Waals surface area contributed by atoms with Gasteiger partial charge in [0.1, 0.15) is 10.6 Å². The maximum absolute atomic E-state index is 12.9. The van der Waals surface area contributed by atoms with Gasteiger partial charge >= 0.3 is 6.03 Å². The second-order valence-electron chi connectivity index (χ2n) is 8.40. The van der Waals surface area contributed by atoms with Crippen molar-refractivity contribution in [1.29, 1.82) is 0 Å². The lowest BCUT2D eigenvalue weighted by molar-refractivity contribution is 0.251. The molecule has 3 rings (SSSR count). The topological polar surface area (TPSA) is 127 Å². The molecule has 4 N–H and O–H groups in total. The lowest BCUT2D eigenvalue weighted by atomic mass is 10.1. The summed E-state index contributed by atoms with van der Waals surface area (Å²) < 4.78 is 24.8. The highest BCUT2D eigenvalue weighted by Gasteiger charge is 2.58. The molecule has 0 aliphatic heterocycles. The zero-order valence-electron chi connectivity index (χ0n) is 17.8. The molecule has 1 aliphatic carbocycles. The van der Waals surface area contributed by atoms with Gasteiger partial charge in [0, 0.05) is 23.9 Å². The highest BCUT2D eigenvalue weighted by Crippen LogP contribution is 2.54. The van der Waals surface area contributed by atoms with Crippen molar-refractivity contribution in [2.24, 2.45) is 5.92 Å². The van der Waals surface area contributed by atoms with Crippen LogP contribution in [0.3, 0.4) is 0 Å². The number of anilines is 2. The smallest absolute Gasteiger partial charge is 0.319 e. The molecule has 0 spiro atoms. The summed E-state index contributed by atoms with van der Waals surface area (Å²) in [6.07, 6.45) is 1.08. The van der Waals surface area contributed by atoms with Crippen LogP contribution in [-0.4, -0.2) is 36.2 Å². The van der Waals surface area contributed by atoms with E-state index >= 15 is 0 Å². The number of carbonyl (C=O) groups excluding carboxylic acids is 1. The molecule has 162 valence electrons. The lowest BCUT2D eigenvalue weighted by Gasteiger charge is -2.19. The molecule has 30 heavy (non-hydrogen) atoms. The molecule has 2 aromatic rings. The Morgan fingerprint density at radius 3 is 2.30 bits per heavy atom. The number of aromatic nitrogens is 2. The minimum absolute atomic E-state index is 0.232. The molecule has 9 heteroatoms. The molecular formula is C21H29N5O3S. The summed E-state index contributed by atoms with van der Waals surface area (Å²) in [5.74, 6) is 0.962. The zero-order valence-corrected chi connectivity index (χ0v) is 18.6. The fraction of sp³-hybridized carbons (Fsp3) is 0.476. The Morgan fingerprint density at radius 1 is 1.13 bits per heavy atom. The Labute approximate surface area is 177 Å². The number of benzene rings is 1. The predicted octanol–water partition coefficient (Wildman–Crippen LogP) is 3.32. The predicted molar refractivity (Wildman–Crippen MR) is 119 cm³/mol. The molecule has 0 unspecified atom stereocenters. The number of nitrogens with zero attached hydrogens (tertiary/aromatic N) is 2. The first-order valence-corrected chi connectivity index (χ1v) is 11.6. The molecule has 1 aliphatic rings. The molecular weight excluding hydrogens is 402 g/mol. The first-order valence-electron chi connectivity index (χ1n) is 10.1. The summed E-state index contributed by atoms with van der Waals surface area (Å²) in [5.41, 5.74) is 7.75. The number of amides is 2. The van der Waals surface area contributed by atoms with Crippen molar-refractivity contribution in [2.75, 3.05) is 17.6 Å². The summed E-state index contributed by atoms with van der Waals surface area (Å²) >= 11 is 0. The average molecular weight is 432 g/mol. The first kappa shape index (κ1) is 22.0. The number of sulfone groups is 1. The monoisotopic (exact) mass is 431 g/mol. The quantitative estimate of drug-likeness (QED) is 0.617. The van der Waals surface area contributed by atoms with Crippen LogP contribution in [0, 0.1) is 5.92 Å². The molecule has 8 nitrogen and oxygen atoms in total. The van der Waals surface area contributed by atoms with Gasteiger partial charge in [-0.05, 0) is 56.9 Å². The molecule has 0 bridgehead atoms. The molecule has 1 aromatic heterocycles. The number of nitrogen functional groups attached to an aromatic ring is 1. The number of rotatable bonds is 7. The van der Waals surface area contributed by atoms with Gasteiger partial charge in [0.15, 0.2) is 15.7 Å². The van der Waals surface area contributed by atoms with Crippen LogP contribution in [0.25, 0.3) is 11.4 Å². The van der Waals surface area contributed by atoms with E-state index in [0.29, 0.717) is 48.1 Å². The summed E-state index contributed by atoms with van der Waals surface area (Å²) in [7, 11) is -3.37. The number of carbonyl (C=O) groups is 1. The van der Waals surface area contributed by atoms with Crippen LogP contribution in [0.5, 0.6) is 0 Å². The van der Waals surface area contributed by atoms with Crippen molar-refractivity contribution in [3.8, 4) is 11.4 Å². The van der Waals surface area contributed by atoms with Crippen LogP contribution in [0.2, 0.25) is 0 Å². The van der Waals surface area contributed by atoms with Crippen molar-refractivity contribution in [1.82, 2.24) is 15.3 Å². The van der Waals surface area contributed by atoms with Crippen molar-refractivity contribution in [3.05, 3.63) is 36.0 Å². The van der Waals surface area contributed by atoms with Crippen LogP contribution in [0.1, 0.15) is 46.2 Å². The Morgan fingerprint density at radius 2 is 1.77 bits per heavy atom. The number of nitrogens with two attached hydrogens (primary N) is 1. The summed E-state index contributed by atoms with van der Waals surface area (Å²) in [6.45, 7) is 8.00. The third kappa shape index (κ3) is 4.40. The Balaban J connectivity index is 1.83. The molecule has 1 saturated carbocycles. The average Bonchev–Trinajstić information content (AvgIpc) is 3.49. The van der Waals surface area contributed by atoms with Gasteiger partial charge in [0.25, 0.3) is 0 Å². The fourth-order valence-corrected chi connectivity index (χ4v) is 5.22. The SMILES string of the molecule is CC(C)CNC(=O)Nc1ccc(-c2nc(N)cc(C3(S(=O)(=O)C(C)C)CC3)n2)cc1. The van der Waals surface area contributed by atoms with Gasteiger partial charge in [-0.3, -0.25) is 0 Å². The van der Waals surface area contributed by atoms with E-state index in [9.17, 15) is 13.2 Å². The number of urea groups is 1. The molecule has 0 radical (unpaired) electrons. The highest BCUT2D eigenvalue weighted by atomic mass is 32.2. The van der Waals surface area contributed by atoms with Gasteiger partial charge < -0.3 is 16.4 Å². The number of nitrogens with one attached hydrogen (secondary N) is 2. The van der Waals surface area contributed by atoms with Crippen molar-refractivity contribution >= 4 is 27.4 Å². The number of hydrogen-bond donors (Lipinski definition) is 3. The standard InChI is InChI=1S/C21H29N5O3S/c1-13(2)12-23-20(27)24-16-7-5-15(6-8-16)19-25-17(11-18(22)26-19)21(9-10-21)30(28,29)14(3)4/h5-8,11,13-14H,9-10,12H2,1-4H3,(H2,22,25,26)(H2,23,24,27). The molecule has 0 saturated heterocycles. The zero-order chi connectivity index (χ0) is 22.1. The van der Waals surface area contributed by atoms with Crippen molar-refractivity contribution in [3.63, 3.8) is 0 Å². The second-order valence-corrected chi connectivity index (χ2v) is 11.2. The lowest BCUT2D eigenvalue weighted by Crippen LogP contribution is -2.31. The Hall–Kier alpha value is -2.68. The fourth-order valence-electron chi connectivity index (χ4n) is 3.25. The van der Waals surface area contributed by atoms with Crippen LogP contribution in [0.4, 0.5) is 16.3 Å². The van der Waals surface area contributed by atoms with Gasteiger partial charge in [-0.15, -0.1) is 0 Å². The van der Waals surface area contributed by atoms with Crippen molar-refractivity contribution < 1.29 is 13.2 Å². The van der Waals surface area contributed by atoms with Gasteiger partial charge in [0.05, 0.1) is 10.9 Å². The van der Waals surface area contributed by atoms with E-state index in [4.69, 9.17) is 5.73 Å². The van der Waals surface area contributed by atoms with Crippen LogP contribution < -0.4 is 16.4 Å². The maximum Gasteiger partial charge on any atom is 0.319 e. The van der Waals surface area contributed by atoms with E-state index in [1.807, 2.05) is 13.8 Å². The van der Waals surface area contributed by atoms with E-state index in [1.54, 1.807) is 44.2 Å². The largest absolute Gasteiger partial charge is 0.384 e. The van der Waals surface area contributed by atoms with Gasteiger partial charge in [0.2, 0.25) is 0 Å². The number of hydrogen-bond acceptors (Lipinski definition) is 6. The molecule has 1 aromatic carbocycles. The minimum Gasteiger partial charge on any atom is -0.384 e. The Bertz CT molecular complexity index is 1030. The molecule has 0 atom stereocenters. The normalized spacial score (nSPS) is 15.3. The summed E-state index contributed by atoms with van der Waals surface area (Å²) in [6, 6.07) is 8.32. The molecule has 1 fully saturated rings. The van der Waals surface area contributed by atoms with Crippen molar-refractivity contribution in [2.45, 2.75) is 50.5 Å². The maximum atomic E-state index is 12.9. The van der Waals surface area contributed by atoms with E-state index < -0.39 is 19.8 Å². The van der Waals surface area contributed by atoms with Gasteiger partial charge in [-0.2, -0.15) is 0 Å². The van der Waals surface area contributed by atoms with E-state index in [2.05, 4.69) is 20.6 Å². The van der Waals surface area contributed by atoms with Crippen LogP contribution >= 0.6 is 0 Å². The molecule has 2 amide bonds. The van der Waals surface area contributed by atoms with Gasteiger partial charge in [-0.1, -0.05) is 13.8 Å². The van der Waals surface area contributed by atoms with Gasteiger partial charge in [-0.25, -0.2) is 23.2 Å². The van der Waals surface area contributed by atoms with Crippen LogP contribution in [0.15, 0.2) is 30.3 Å². The van der Waals surface area contributed by atoms with E-state index in [-0.39, 0.29) is 11.8 Å². The third-order valence-corrected chi connectivity index (χ3v) is 8.10. The van der Waals surface area contributed by atoms with E-state index in [1.165, 1.54) is 0 Å². The second kappa shape index (κ2) is 8.22. The first-order chi connectivity index (χ1) is 14.0. The summed E-state index contributed by atoms with van der Waals surface area (Å²) in [4.78, 5) is 20.7.